The first-order valence-corrected chi connectivity index (χ1v) is 8.98. The average Bonchev–Trinajstić information content (AvgIpc) is 2.68. The van der Waals surface area contributed by atoms with Crippen LogP contribution < -0.4 is 20.7 Å². The monoisotopic (exact) mass is 377 g/mol. The molecule has 0 heterocycles. The highest BCUT2D eigenvalue weighted by Gasteiger charge is 2.16. The lowest BCUT2D eigenvalue weighted by Crippen LogP contribution is -2.32. The van der Waals surface area contributed by atoms with E-state index in [0.717, 1.165) is 16.5 Å². The number of hydrogen-bond donors (Lipinski definition) is 3. The molecule has 0 radical (unpaired) electrons. The van der Waals surface area contributed by atoms with Crippen LogP contribution in [0.25, 0.3) is 10.8 Å². The summed E-state index contributed by atoms with van der Waals surface area (Å²) >= 11 is 0. The Balaban J connectivity index is 1.77. The molecule has 3 aromatic rings. The zero-order chi connectivity index (χ0) is 20.1. The second kappa shape index (κ2) is 8.43. The lowest BCUT2D eigenvalue weighted by molar-refractivity contribution is -0.116. The Kier molecular flexibility index (Phi) is 5.79. The molecule has 28 heavy (non-hydrogen) atoms. The van der Waals surface area contributed by atoms with Gasteiger partial charge < -0.3 is 20.7 Å². The van der Waals surface area contributed by atoms with Crippen molar-refractivity contribution >= 4 is 39.6 Å². The topological polar surface area (TPSA) is 79.5 Å². The van der Waals surface area contributed by atoms with Crippen molar-refractivity contribution in [1.82, 2.24) is 0 Å². The van der Waals surface area contributed by atoms with E-state index in [0.29, 0.717) is 17.1 Å². The maximum Gasteiger partial charge on any atom is 0.246 e. The van der Waals surface area contributed by atoms with Gasteiger partial charge in [-0.3, -0.25) is 9.59 Å². The molecule has 1 atom stereocenters. The molecule has 3 aromatic carbocycles. The van der Waals surface area contributed by atoms with E-state index < -0.39 is 6.04 Å². The summed E-state index contributed by atoms with van der Waals surface area (Å²) in [6, 6.07) is 18.4. The molecular weight excluding hydrogens is 354 g/mol. The minimum absolute atomic E-state index is 0.169. The van der Waals surface area contributed by atoms with Crippen LogP contribution in [0.2, 0.25) is 0 Å². The minimum Gasteiger partial charge on any atom is -0.495 e. The number of benzene rings is 3. The number of fused-ring (bicyclic) bond motifs is 1. The van der Waals surface area contributed by atoms with Gasteiger partial charge in [0.05, 0.1) is 12.8 Å². The van der Waals surface area contributed by atoms with Gasteiger partial charge in [-0.15, -0.1) is 0 Å². The lowest BCUT2D eigenvalue weighted by Gasteiger charge is -2.19. The van der Waals surface area contributed by atoms with Gasteiger partial charge in [-0.1, -0.05) is 36.4 Å². The molecule has 0 aliphatic heterocycles. The first-order chi connectivity index (χ1) is 13.5. The number of nitrogens with one attached hydrogen (secondary N) is 3. The summed E-state index contributed by atoms with van der Waals surface area (Å²) in [4.78, 5) is 24.0. The molecule has 144 valence electrons. The van der Waals surface area contributed by atoms with E-state index in [9.17, 15) is 9.59 Å². The first kappa shape index (κ1) is 19.2. The predicted molar refractivity (Wildman–Crippen MR) is 113 cm³/mol. The third kappa shape index (κ3) is 4.40. The summed E-state index contributed by atoms with van der Waals surface area (Å²) in [7, 11) is 1.55. The number of methoxy groups -OCH3 is 1. The normalized spacial score (nSPS) is 11.5. The number of amides is 2. The quantitative estimate of drug-likeness (QED) is 0.600. The largest absolute Gasteiger partial charge is 0.495 e. The summed E-state index contributed by atoms with van der Waals surface area (Å²) in [5.74, 6) is 0.236. The molecule has 3 rings (SSSR count). The average molecular weight is 377 g/mol. The van der Waals surface area contributed by atoms with E-state index in [4.69, 9.17) is 4.74 Å². The molecule has 0 bridgehead atoms. The molecule has 0 unspecified atom stereocenters. The van der Waals surface area contributed by atoms with E-state index in [-0.39, 0.29) is 11.8 Å². The SMILES string of the molecule is COc1ccc(NC(C)=O)cc1N[C@@H](C)C(=O)Nc1cccc2ccccc12. The fraction of sp³-hybridized carbons (Fsp3) is 0.182. The van der Waals surface area contributed by atoms with Gasteiger partial charge in [-0.05, 0) is 36.6 Å². The van der Waals surface area contributed by atoms with Gasteiger partial charge >= 0.3 is 0 Å². The van der Waals surface area contributed by atoms with Crippen LogP contribution >= 0.6 is 0 Å². The van der Waals surface area contributed by atoms with E-state index in [2.05, 4.69) is 16.0 Å². The molecule has 0 fully saturated rings. The van der Waals surface area contributed by atoms with Crippen LogP contribution in [-0.4, -0.2) is 25.0 Å². The minimum atomic E-state index is -0.527. The van der Waals surface area contributed by atoms with Crippen molar-refractivity contribution in [3.05, 3.63) is 60.7 Å². The summed E-state index contributed by atoms with van der Waals surface area (Å²) in [6.45, 7) is 3.21. The molecule has 6 heteroatoms. The van der Waals surface area contributed by atoms with Crippen molar-refractivity contribution in [2.75, 3.05) is 23.1 Å². The molecule has 6 nitrogen and oxygen atoms in total. The predicted octanol–water partition coefficient (Wildman–Crippen LogP) is 4.25. The Morgan fingerprint density at radius 2 is 1.68 bits per heavy atom. The van der Waals surface area contributed by atoms with Gasteiger partial charge in [0.1, 0.15) is 11.8 Å². The Labute approximate surface area is 163 Å². The smallest absolute Gasteiger partial charge is 0.246 e. The zero-order valence-electron chi connectivity index (χ0n) is 16.1. The van der Waals surface area contributed by atoms with Gasteiger partial charge in [0.25, 0.3) is 0 Å². The van der Waals surface area contributed by atoms with Gasteiger partial charge in [-0.25, -0.2) is 0 Å². The molecule has 2 amide bonds. The van der Waals surface area contributed by atoms with Gasteiger partial charge in [0, 0.05) is 23.7 Å². The fourth-order valence-electron chi connectivity index (χ4n) is 2.98. The standard InChI is InChI=1S/C22H23N3O3/c1-14(23-20-13-17(24-15(2)26)11-12-21(20)28-3)22(27)25-19-10-6-8-16-7-4-5-9-18(16)19/h4-14,23H,1-3H3,(H,24,26)(H,25,27)/t14-/m0/s1. The molecule has 0 saturated heterocycles. The van der Waals surface area contributed by atoms with Crippen molar-refractivity contribution in [3.63, 3.8) is 0 Å². The van der Waals surface area contributed by atoms with Crippen LogP contribution in [0.5, 0.6) is 5.75 Å². The number of carbonyl (C=O) groups is 2. The van der Waals surface area contributed by atoms with Crippen LogP contribution in [0.1, 0.15) is 13.8 Å². The molecule has 0 spiro atoms. The highest BCUT2D eigenvalue weighted by atomic mass is 16.5. The van der Waals surface area contributed by atoms with Crippen LogP contribution in [0, 0.1) is 0 Å². The Morgan fingerprint density at radius 1 is 0.929 bits per heavy atom. The number of anilines is 3. The van der Waals surface area contributed by atoms with Crippen LogP contribution in [0.3, 0.4) is 0 Å². The molecular formula is C22H23N3O3. The highest BCUT2D eigenvalue weighted by Crippen LogP contribution is 2.29. The third-order valence-corrected chi connectivity index (χ3v) is 4.33. The number of rotatable bonds is 6. The summed E-state index contributed by atoms with van der Waals surface area (Å²) in [6.07, 6.45) is 0. The van der Waals surface area contributed by atoms with Crippen LogP contribution in [0.15, 0.2) is 60.7 Å². The van der Waals surface area contributed by atoms with Gasteiger partial charge in [0.2, 0.25) is 11.8 Å². The maximum absolute atomic E-state index is 12.7. The summed E-state index contributed by atoms with van der Waals surface area (Å²) in [5, 5.41) is 10.9. The third-order valence-electron chi connectivity index (χ3n) is 4.33. The van der Waals surface area contributed by atoms with Crippen LogP contribution in [0.4, 0.5) is 17.1 Å². The fourth-order valence-corrected chi connectivity index (χ4v) is 2.98. The second-order valence-electron chi connectivity index (χ2n) is 6.48. The number of ether oxygens (including phenoxy) is 1. The van der Waals surface area contributed by atoms with Crippen molar-refractivity contribution in [3.8, 4) is 5.75 Å². The molecule has 0 aromatic heterocycles. The van der Waals surface area contributed by atoms with Crippen molar-refractivity contribution in [1.29, 1.82) is 0 Å². The number of carbonyl (C=O) groups excluding carboxylic acids is 2. The molecule has 0 aliphatic carbocycles. The zero-order valence-corrected chi connectivity index (χ0v) is 16.1. The molecule has 0 aliphatic rings. The van der Waals surface area contributed by atoms with Gasteiger partial charge in [0.15, 0.2) is 0 Å². The van der Waals surface area contributed by atoms with Crippen molar-refractivity contribution in [2.45, 2.75) is 19.9 Å². The maximum atomic E-state index is 12.7. The molecule has 3 N–H and O–H groups in total. The Morgan fingerprint density at radius 3 is 2.43 bits per heavy atom. The van der Waals surface area contributed by atoms with Crippen LogP contribution in [-0.2, 0) is 9.59 Å². The lowest BCUT2D eigenvalue weighted by atomic mass is 10.1. The first-order valence-electron chi connectivity index (χ1n) is 8.98. The second-order valence-corrected chi connectivity index (χ2v) is 6.48. The summed E-state index contributed by atoms with van der Waals surface area (Å²) in [5.41, 5.74) is 2.00. The highest BCUT2D eigenvalue weighted by molar-refractivity contribution is 6.04. The number of hydrogen-bond acceptors (Lipinski definition) is 4. The van der Waals surface area contributed by atoms with Gasteiger partial charge in [-0.2, -0.15) is 0 Å². The van der Waals surface area contributed by atoms with E-state index >= 15 is 0 Å². The van der Waals surface area contributed by atoms with Crippen molar-refractivity contribution in [2.24, 2.45) is 0 Å². The van der Waals surface area contributed by atoms with E-state index in [1.807, 2.05) is 42.5 Å². The Hall–Kier alpha value is -3.54. The van der Waals surface area contributed by atoms with E-state index in [1.54, 1.807) is 32.2 Å². The summed E-state index contributed by atoms with van der Waals surface area (Å²) < 4.78 is 5.35. The molecule has 0 saturated carbocycles. The Bertz CT molecular complexity index is 1010. The van der Waals surface area contributed by atoms with Crippen molar-refractivity contribution < 1.29 is 14.3 Å². The van der Waals surface area contributed by atoms with E-state index in [1.165, 1.54) is 6.92 Å².